The first kappa shape index (κ1) is 11.6. The summed E-state index contributed by atoms with van der Waals surface area (Å²) in [4.78, 5) is 2.56. The van der Waals surface area contributed by atoms with Crippen molar-refractivity contribution >= 4 is 0 Å². The van der Waals surface area contributed by atoms with Gasteiger partial charge < -0.3 is 5.11 Å². The van der Waals surface area contributed by atoms with Crippen molar-refractivity contribution in [3.8, 4) is 0 Å². The number of hydrogen-bond donors (Lipinski definition) is 1. The zero-order valence-electron chi connectivity index (χ0n) is 9.81. The van der Waals surface area contributed by atoms with Gasteiger partial charge in [0.25, 0.3) is 0 Å². The quantitative estimate of drug-likeness (QED) is 0.822. The highest BCUT2D eigenvalue weighted by atomic mass is 16.2. The van der Waals surface area contributed by atoms with Crippen LogP contribution in [0, 0.1) is 0 Å². The third kappa shape index (κ3) is 3.06. The lowest BCUT2D eigenvalue weighted by Gasteiger charge is -2.24. The summed E-state index contributed by atoms with van der Waals surface area (Å²) in [6, 6.07) is 11.4. The monoisotopic (exact) mass is 219 g/mol. The second kappa shape index (κ2) is 6.02. The van der Waals surface area contributed by atoms with Gasteiger partial charge in [0.05, 0.1) is 0 Å². The molecule has 0 bridgehead atoms. The van der Waals surface area contributed by atoms with E-state index in [1.807, 2.05) is 0 Å². The summed E-state index contributed by atoms with van der Waals surface area (Å²) in [6.07, 6.45) is 4.69. The van der Waals surface area contributed by atoms with Gasteiger partial charge >= 0.3 is 0 Å². The van der Waals surface area contributed by atoms with Gasteiger partial charge in [0, 0.05) is 19.2 Å². The molecule has 2 heteroatoms. The van der Waals surface area contributed by atoms with Crippen LogP contribution in [-0.4, -0.2) is 29.2 Å². The summed E-state index contributed by atoms with van der Waals surface area (Å²) in [5, 5.41) is 8.88. The van der Waals surface area contributed by atoms with Crippen molar-refractivity contribution in [2.24, 2.45) is 0 Å². The second-order valence-corrected chi connectivity index (χ2v) is 4.62. The van der Waals surface area contributed by atoms with E-state index in [-0.39, 0.29) is 0 Å². The van der Waals surface area contributed by atoms with E-state index in [4.69, 9.17) is 5.11 Å². The van der Waals surface area contributed by atoms with Gasteiger partial charge in [-0.05, 0) is 37.8 Å². The molecule has 1 N–H and O–H groups in total. The molecule has 16 heavy (non-hydrogen) atoms. The maximum absolute atomic E-state index is 8.88. The fourth-order valence-corrected chi connectivity index (χ4v) is 2.58. The van der Waals surface area contributed by atoms with Gasteiger partial charge in [-0.2, -0.15) is 0 Å². The number of benzene rings is 1. The minimum atomic E-state index is 0.329. The number of aliphatic hydroxyl groups is 1. The van der Waals surface area contributed by atoms with E-state index in [9.17, 15) is 0 Å². The highest BCUT2D eigenvalue weighted by Gasteiger charge is 2.23. The van der Waals surface area contributed by atoms with E-state index < -0.39 is 0 Å². The Bertz CT molecular complexity index is 299. The van der Waals surface area contributed by atoms with Gasteiger partial charge in [-0.3, -0.25) is 4.90 Å². The van der Waals surface area contributed by atoms with Gasteiger partial charge in [0.15, 0.2) is 0 Å². The molecule has 1 aromatic carbocycles. The lowest BCUT2D eigenvalue weighted by Crippen LogP contribution is -2.29. The summed E-state index contributed by atoms with van der Waals surface area (Å²) in [6.45, 7) is 2.61. The fourth-order valence-electron chi connectivity index (χ4n) is 2.58. The Morgan fingerprint density at radius 2 is 2.06 bits per heavy atom. The number of rotatable bonds is 5. The first-order chi connectivity index (χ1) is 7.90. The van der Waals surface area contributed by atoms with Crippen LogP contribution in [0.5, 0.6) is 0 Å². The van der Waals surface area contributed by atoms with Crippen molar-refractivity contribution in [1.82, 2.24) is 4.90 Å². The van der Waals surface area contributed by atoms with Crippen LogP contribution >= 0.6 is 0 Å². The number of nitrogens with zero attached hydrogens (tertiary/aromatic N) is 1. The van der Waals surface area contributed by atoms with E-state index in [2.05, 4.69) is 35.2 Å². The molecule has 2 nitrogen and oxygen atoms in total. The standard InChI is InChI=1S/C14H21NO/c16-11-5-9-14-8-4-10-15(14)12-13-6-2-1-3-7-13/h1-3,6-7,14,16H,4-5,8-12H2/t14-/m0/s1. The topological polar surface area (TPSA) is 23.5 Å². The lowest BCUT2D eigenvalue weighted by atomic mass is 10.1. The molecule has 0 amide bonds. The largest absolute Gasteiger partial charge is 0.396 e. The molecule has 0 radical (unpaired) electrons. The van der Waals surface area contributed by atoms with E-state index in [1.165, 1.54) is 24.9 Å². The summed E-state index contributed by atoms with van der Waals surface area (Å²) >= 11 is 0. The SMILES string of the molecule is OCCC[C@@H]1CCCN1Cc1ccccc1. The molecule has 1 saturated heterocycles. The molecule has 0 spiro atoms. The molecule has 0 saturated carbocycles. The summed E-state index contributed by atoms with van der Waals surface area (Å²) in [5.41, 5.74) is 1.40. The molecule has 0 aliphatic carbocycles. The lowest BCUT2D eigenvalue weighted by molar-refractivity contribution is 0.210. The Labute approximate surface area is 97.9 Å². The normalized spacial score (nSPS) is 21.4. The van der Waals surface area contributed by atoms with Crippen molar-refractivity contribution in [2.45, 2.75) is 38.3 Å². The fraction of sp³-hybridized carbons (Fsp3) is 0.571. The third-order valence-electron chi connectivity index (χ3n) is 3.42. The molecule has 0 unspecified atom stereocenters. The average Bonchev–Trinajstić information content (AvgIpc) is 2.75. The van der Waals surface area contributed by atoms with Crippen molar-refractivity contribution in [3.05, 3.63) is 35.9 Å². The van der Waals surface area contributed by atoms with Crippen molar-refractivity contribution < 1.29 is 5.11 Å². The predicted octanol–water partition coefficient (Wildman–Crippen LogP) is 2.42. The van der Waals surface area contributed by atoms with Crippen LogP contribution in [0.3, 0.4) is 0 Å². The minimum Gasteiger partial charge on any atom is -0.396 e. The molecular weight excluding hydrogens is 198 g/mol. The molecule has 1 heterocycles. The smallest absolute Gasteiger partial charge is 0.0431 e. The first-order valence-corrected chi connectivity index (χ1v) is 6.29. The van der Waals surface area contributed by atoms with Crippen molar-refractivity contribution in [3.63, 3.8) is 0 Å². The van der Waals surface area contributed by atoms with Crippen LogP contribution in [0.1, 0.15) is 31.2 Å². The van der Waals surface area contributed by atoms with Crippen LogP contribution < -0.4 is 0 Å². The molecule has 1 fully saturated rings. The zero-order chi connectivity index (χ0) is 11.2. The van der Waals surface area contributed by atoms with Crippen LogP contribution in [0.4, 0.5) is 0 Å². The maximum atomic E-state index is 8.88. The molecule has 0 aromatic heterocycles. The number of hydrogen-bond acceptors (Lipinski definition) is 2. The maximum Gasteiger partial charge on any atom is 0.0431 e. The molecule has 1 aromatic rings. The van der Waals surface area contributed by atoms with Gasteiger partial charge in [0.2, 0.25) is 0 Å². The predicted molar refractivity (Wildman–Crippen MR) is 66.2 cm³/mol. The Morgan fingerprint density at radius 3 is 2.81 bits per heavy atom. The van der Waals surface area contributed by atoms with Gasteiger partial charge in [0.1, 0.15) is 0 Å². The van der Waals surface area contributed by atoms with Crippen LogP contribution in [0.15, 0.2) is 30.3 Å². The Kier molecular flexibility index (Phi) is 4.37. The van der Waals surface area contributed by atoms with E-state index >= 15 is 0 Å². The molecular formula is C14H21NO. The van der Waals surface area contributed by atoms with Crippen molar-refractivity contribution in [2.75, 3.05) is 13.2 Å². The van der Waals surface area contributed by atoms with Gasteiger partial charge in [-0.1, -0.05) is 30.3 Å². The Hall–Kier alpha value is -0.860. The molecule has 2 rings (SSSR count). The van der Waals surface area contributed by atoms with Crippen LogP contribution in [0.25, 0.3) is 0 Å². The van der Waals surface area contributed by atoms with E-state index in [0.717, 1.165) is 19.4 Å². The van der Waals surface area contributed by atoms with Gasteiger partial charge in [-0.25, -0.2) is 0 Å². The van der Waals surface area contributed by atoms with Gasteiger partial charge in [-0.15, -0.1) is 0 Å². The molecule has 88 valence electrons. The van der Waals surface area contributed by atoms with E-state index in [0.29, 0.717) is 12.6 Å². The number of aliphatic hydroxyl groups excluding tert-OH is 1. The highest BCUT2D eigenvalue weighted by Crippen LogP contribution is 2.23. The minimum absolute atomic E-state index is 0.329. The van der Waals surface area contributed by atoms with Crippen molar-refractivity contribution in [1.29, 1.82) is 0 Å². The average molecular weight is 219 g/mol. The summed E-state index contributed by atoms with van der Waals surface area (Å²) in [7, 11) is 0. The van der Waals surface area contributed by atoms with E-state index in [1.54, 1.807) is 0 Å². The Balaban J connectivity index is 1.88. The Morgan fingerprint density at radius 1 is 1.25 bits per heavy atom. The second-order valence-electron chi connectivity index (χ2n) is 4.62. The first-order valence-electron chi connectivity index (χ1n) is 6.29. The molecule has 1 atom stereocenters. The highest BCUT2D eigenvalue weighted by molar-refractivity contribution is 5.14. The molecule has 1 aliphatic rings. The third-order valence-corrected chi connectivity index (χ3v) is 3.42. The summed E-state index contributed by atoms with van der Waals surface area (Å²) in [5.74, 6) is 0. The zero-order valence-corrected chi connectivity index (χ0v) is 9.81. The number of likely N-dealkylation sites (tertiary alicyclic amines) is 1. The van der Waals surface area contributed by atoms with Crippen LogP contribution in [0.2, 0.25) is 0 Å². The van der Waals surface area contributed by atoms with Crippen LogP contribution in [-0.2, 0) is 6.54 Å². The molecule has 1 aliphatic heterocycles. The summed E-state index contributed by atoms with van der Waals surface area (Å²) < 4.78 is 0.